The first-order chi connectivity index (χ1) is 15.0. The lowest BCUT2D eigenvalue weighted by molar-refractivity contribution is -0.120. The third-order valence-corrected chi connectivity index (χ3v) is 6.25. The quantitative estimate of drug-likeness (QED) is 0.315. The minimum absolute atomic E-state index is 0.0819. The summed E-state index contributed by atoms with van der Waals surface area (Å²) in [6, 6.07) is 23.1. The van der Waals surface area contributed by atoms with Crippen LogP contribution in [0.1, 0.15) is 30.9 Å². The van der Waals surface area contributed by atoms with Gasteiger partial charge in [-0.25, -0.2) is 4.98 Å². The zero-order valence-electron chi connectivity index (χ0n) is 17.4. The lowest BCUT2D eigenvalue weighted by Gasteiger charge is -2.20. The average molecular weight is 451 g/mol. The molecule has 0 aliphatic heterocycles. The van der Waals surface area contributed by atoms with Crippen LogP contribution in [-0.4, -0.2) is 17.5 Å². The molecule has 0 radical (unpaired) electrons. The lowest BCUT2D eigenvalue weighted by Crippen LogP contribution is -2.34. The fourth-order valence-corrected chi connectivity index (χ4v) is 4.46. The molecule has 1 amide bonds. The first kappa shape index (κ1) is 21.3. The number of nitrogens with zero attached hydrogens (tertiary/aromatic N) is 2. The van der Waals surface area contributed by atoms with Crippen molar-refractivity contribution in [3.05, 3.63) is 88.9 Å². The fraction of sp³-hybridized carbons (Fsp3) is 0.200. The molecule has 0 atom stereocenters. The van der Waals surface area contributed by atoms with Crippen LogP contribution in [0.3, 0.4) is 0 Å². The van der Waals surface area contributed by atoms with E-state index in [2.05, 4.69) is 26.0 Å². The van der Waals surface area contributed by atoms with Crippen LogP contribution in [0.5, 0.6) is 5.75 Å². The number of fused-ring (bicyclic) bond motifs is 1. The summed E-state index contributed by atoms with van der Waals surface area (Å²) in [5.41, 5.74) is 3.18. The maximum Gasteiger partial charge on any atom is 0.267 e. The van der Waals surface area contributed by atoms with Crippen LogP contribution in [0.25, 0.3) is 10.2 Å². The molecule has 1 aromatic heterocycles. The molecule has 4 nitrogen and oxygen atoms in total. The van der Waals surface area contributed by atoms with E-state index in [9.17, 15) is 4.79 Å². The number of benzene rings is 3. The molecule has 0 saturated carbocycles. The van der Waals surface area contributed by atoms with E-state index in [4.69, 9.17) is 21.3 Å². The van der Waals surface area contributed by atoms with Gasteiger partial charge in [0, 0.05) is 5.02 Å². The minimum Gasteiger partial charge on any atom is -0.484 e. The molecule has 4 aromatic rings. The highest BCUT2D eigenvalue weighted by atomic mass is 35.5. The molecule has 6 heteroatoms. The molecule has 0 saturated heterocycles. The van der Waals surface area contributed by atoms with Gasteiger partial charge in [0.25, 0.3) is 5.91 Å². The Morgan fingerprint density at radius 1 is 1.03 bits per heavy atom. The molecule has 4 rings (SSSR count). The predicted octanol–water partition coefficient (Wildman–Crippen LogP) is 6.69. The molecule has 0 aliphatic rings. The Balaban J connectivity index is 1.64. The van der Waals surface area contributed by atoms with E-state index >= 15 is 0 Å². The Kier molecular flexibility index (Phi) is 6.54. The zero-order valence-corrected chi connectivity index (χ0v) is 19.0. The van der Waals surface area contributed by atoms with Gasteiger partial charge in [-0.3, -0.25) is 9.69 Å². The van der Waals surface area contributed by atoms with E-state index < -0.39 is 0 Å². The van der Waals surface area contributed by atoms with Gasteiger partial charge in [-0.15, -0.1) is 0 Å². The van der Waals surface area contributed by atoms with Crippen LogP contribution in [0.15, 0.2) is 72.8 Å². The largest absolute Gasteiger partial charge is 0.484 e. The Bertz CT molecular complexity index is 1170. The van der Waals surface area contributed by atoms with Gasteiger partial charge in [0.05, 0.1) is 16.8 Å². The number of hydrogen-bond acceptors (Lipinski definition) is 4. The van der Waals surface area contributed by atoms with Gasteiger partial charge in [0.2, 0.25) is 0 Å². The maximum atomic E-state index is 13.2. The monoisotopic (exact) mass is 450 g/mol. The van der Waals surface area contributed by atoms with Crippen molar-refractivity contribution >= 4 is 44.2 Å². The summed E-state index contributed by atoms with van der Waals surface area (Å²) >= 11 is 7.46. The summed E-state index contributed by atoms with van der Waals surface area (Å²) in [7, 11) is 0. The highest BCUT2D eigenvalue weighted by Crippen LogP contribution is 2.34. The summed E-state index contributed by atoms with van der Waals surface area (Å²) < 4.78 is 6.80. The van der Waals surface area contributed by atoms with E-state index in [1.807, 2.05) is 36.4 Å². The number of thiazole rings is 1. The normalized spacial score (nSPS) is 11.1. The van der Waals surface area contributed by atoms with Crippen molar-refractivity contribution in [1.82, 2.24) is 4.98 Å². The van der Waals surface area contributed by atoms with Gasteiger partial charge in [0.1, 0.15) is 5.75 Å². The number of anilines is 1. The molecule has 0 aliphatic carbocycles. The van der Waals surface area contributed by atoms with Crippen LogP contribution >= 0.6 is 22.9 Å². The fourth-order valence-electron chi connectivity index (χ4n) is 3.32. The van der Waals surface area contributed by atoms with Crippen LogP contribution in [0.4, 0.5) is 5.13 Å². The summed E-state index contributed by atoms with van der Waals surface area (Å²) in [4.78, 5) is 19.8. The molecular formula is C25H23ClN2O2S. The van der Waals surface area contributed by atoms with Crippen molar-refractivity contribution in [3.63, 3.8) is 0 Å². The molecule has 0 unspecified atom stereocenters. The van der Waals surface area contributed by atoms with Crippen LogP contribution in [0.2, 0.25) is 5.02 Å². The topological polar surface area (TPSA) is 42.4 Å². The second-order valence-corrected chi connectivity index (χ2v) is 9.00. The van der Waals surface area contributed by atoms with Gasteiger partial charge in [-0.1, -0.05) is 79.2 Å². The average Bonchev–Trinajstić information content (AvgIpc) is 3.21. The van der Waals surface area contributed by atoms with Crippen molar-refractivity contribution in [1.29, 1.82) is 0 Å². The third kappa shape index (κ3) is 5.06. The van der Waals surface area contributed by atoms with Crippen LogP contribution in [0, 0.1) is 0 Å². The van der Waals surface area contributed by atoms with Gasteiger partial charge in [-0.2, -0.15) is 0 Å². The second-order valence-electron chi connectivity index (χ2n) is 7.55. The molecule has 0 bridgehead atoms. The van der Waals surface area contributed by atoms with E-state index in [1.54, 1.807) is 29.2 Å². The molecule has 31 heavy (non-hydrogen) atoms. The summed E-state index contributed by atoms with van der Waals surface area (Å²) in [5.74, 6) is 0.804. The molecule has 0 N–H and O–H groups in total. The highest BCUT2D eigenvalue weighted by molar-refractivity contribution is 7.22. The molecule has 3 aromatic carbocycles. The van der Waals surface area contributed by atoms with Gasteiger partial charge in [-0.05, 0) is 47.4 Å². The number of carbonyl (C=O) groups is 1. The third-order valence-electron chi connectivity index (χ3n) is 4.95. The van der Waals surface area contributed by atoms with Crippen molar-refractivity contribution in [3.8, 4) is 5.75 Å². The smallest absolute Gasteiger partial charge is 0.267 e. The van der Waals surface area contributed by atoms with Crippen molar-refractivity contribution in [2.24, 2.45) is 0 Å². The number of aromatic nitrogens is 1. The number of hydrogen-bond donors (Lipinski definition) is 0. The van der Waals surface area contributed by atoms with Crippen molar-refractivity contribution in [2.75, 3.05) is 11.5 Å². The molecular weight excluding hydrogens is 428 g/mol. The van der Waals surface area contributed by atoms with Gasteiger partial charge < -0.3 is 4.74 Å². The van der Waals surface area contributed by atoms with Crippen molar-refractivity contribution < 1.29 is 9.53 Å². The van der Waals surface area contributed by atoms with E-state index in [-0.39, 0.29) is 12.5 Å². The molecule has 1 heterocycles. The number of para-hydroxylation sites is 1. The molecule has 0 fully saturated rings. The Morgan fingerprint density at radius 3 is 2.48 bits per heavy atom. The van der Waals surface area contributed by atoms with E-state index in [0.717, 1.165) is 15.8 Å². The van der Waals surface area contributed by atoms with Crippen molar-refractivity contribution in [2.45, 2.75) is 26.3 Å². The Hall–Kier alpha value is -2.89. The van der Waals surface area contributed by atoms with E-state index in [0.29, 0.717) is 28.4 Å². The second kappa shape index (κ2) is 9.50. The standard InChI is InChI=1S/C25H23ClN2O2S/c1-17(2)21-9-6-10-22-24(21)27-25(31-22)28(15-18-7-4-3-5-8-18)23(29)16-30-20-13-11-19(26)12-14-20/h3-14,17H,15-16H2,1-2H3. The van der Waals surface area contributed by atoms with E-state index in [1.165, 1.54) is 16.9 Å². The number of amides is 1. The van der Waals surface area contributed by atoms with Gasteiger partial charge in [0.15, 0.2) is 11.7 Å². The maximum absolute atomic E-state index is 13.2. The lowest BCUT2D eigenvalue weighted by atomic mass is 10.0. The Morgan fingerprint density at radius 2 is 1.77 bits per heavy atom. The highest BCUT2D eigenvalue weighted by Gasteiger charge is 2.22. The zero-order chi connectivity index (χ0) is 21.8. The summed E-state index contributed by atoms with van der Waals surface area (Å²) in [5, 5.41) is 1.30. The first-order valence-corrected chi connectivity index (χ1v) is 11.3. The SMILES string of the molecule is CC(C)c1cccc2sc(N(Cc3ccccc3)C(=O)COc3ccc(Cl)cc3)nc12. The predicted molar refractivity (Wildman–Crippen MR) is 128 cm³/mol. The number of halogens is 1. The van der Waals surface area contributed by atoms with Crippen LogP contribution < -0.4 is 9.64 Å². The summed E-state index contributed by atoms with van der Waals surface area (Å²) in [6.45, 7) is 4.66. The number of rotatable bonds is 7. The number of ether oxygens (including phenoxy) is 1. The minimum atomic E-state index is -0.149. The van der Waals surface area contributed by atoms with Gasteiger partial charge >= 0.3 is 0 Å². The number of carbonyl (C=O) groups excluding carboxylic acids is 1. The Labute approximate surface area is 191 Å². The first-order valence-electron chi connectivity index (χ1n) is 10.1. The molecule has 158 valence electrons. The summed E-state index contributed by atoms with van der Waals surface area (Å²) in [6.07, 6.45) is 0. The molecule has 0 spiro atoms. The van der Waals surface area contributed by atoms with Crippen LogP contribution in [-0.2, 0) is 11.3 Å².